The number of thioether (sulfide) groups is 1. The molecule has 0 bridgehead atoms. The first-order chi connectivity index (χ1) is 15.6. The van der Waals surface area contributed by atoms with Gasteiger partial charge in [-0.2, -0.15) is 11.8 Å². The van der Waals surface area contributed by atoms with Crippen LogP contribution in [0.5, 0.6) is 0 Å². The second-order valence-electron chi connectivity index (χ2n) is 7.22. The molecule has 1 fully saturated rings. The van der Waals surface area contributed by atoms with Gasteiger partial charge < -0.3 is 19.9 Å². The summed E-state index contributed by atoms with van der Waals surface area (Å²) in [7, 11) is 0. The lowest BCUT2D eigenvalue weighted by atomic mass is 10.1. The van der Waals surface area contributed by atoms with E-state index in [9.17, 15) is 29.3 Å². The molecular formula is C20H25ClN4O7S. The highest BCUT2D eigenvalue weighted by Gasteiger charge is 2.27. The van der Waals surface area contributed by atoms with Crippen molar-refractivity contribution in [2.75, 3.05) is 44.8 Å². The Balaban J connectivity index is 1.96. The van der Waals surface area contributed by atoms with Gasteiger partial charge >= 0.3 is 5.97 Å². The largest absolute Gasteiger partial charge is 0.454 e. The molecule has 1 N–H and O–H groups in total. The number of benzene rings is 1. The number of hydrogen-bond acceptors (Lipinski definition) is 8. The zero-order valence-electron chi connectivity index (χ0n) is 18.2. The lowest BCUT2D eigenvalue weighted by Crippen LogP contribution is -2.51. The molecule has 1 saturated heterocycles. The zero-order valence-corrected chi connectivity index (χ0v) is 19.8. The maximum atomic E-state index is 12.6. The van der Waals surface area contributed by atoms with Crippen molar-refractivity contribution in [3.63, 3.8) is 0 Å². The Labute approximate surface area is 199 Å². The van der Waals surface area contributed by atoms with Crippen LogP contribution in [0.1, 0.15) is 23.7 Å². The van der Waals surface area contributed by atoms with Crippen molar-refractivity contribution < 1.29 is 28.8 Å². The highest BCUT2D eigenvalue weighted by Crippen LogP contribution is 2.22. The Bertz CT molecular complexity index is 922. The summed E-state index contributed by atoms with van der Waals surface area (Å²) in [6.45, 7) is 2.51. The van der Waals surface area contributed by atoms with E-state index >= 15 is 0 Å². The molecule has 2 rings (SSSR count). The van der Waals surface area contributed by atoms with E-state index in [1.807, 2.05) is 6.26 Å². The SMILES string of the molecule is CSCC[C@@H](NC(=O)c1ccc([N+](=O)[O-])cc1Cl)C(=O)OCC(=O)N1CCN(C(C)=O)CC1. The first kappa shape index (κ1) is 26.4. The molecule has 0 aromatic heterocycles. The monoisotopic (exact) mass is 500 g/mol. The Morgan fingerprint density at radius 2 is 1.85 bits per heavy atom. The molecule has 0 spiro atoms. The summed E-state index contributed by atoms with van der Waals surface area (Å²) in [6, 6.07) is 2.37. The van der Waals surface area contributed by atoms with Crippen LogP contribution in [0.25, 0.3) is 0 Å². The van der Waals surface area contributed by atoms with Gasteiger partial charge in [0.25, 0.3) is 17.5 Å². The van der Waals surface area contributed by atoms with Crippen LogP contribution in [0.3, 0.4) is 0 Å². The number of hydrogen-bond donors (Lipinski definition) is 1. The number of amides is 3. The second-order valence-corrected chi connectivity index (χ2v) is 8.62. The Kier molecular flexibility index (Phi) is 9.92. The maximum absolute atomic E-state index is 12.6. The van der Waals surface area contributed by atoms with Crippen molar-refractivity contribution in [3.8, 4) is 0 Å². The molecule has 1 heterocycles. The summed E-state index contributed by atoms with van der Waals surface area (Å²) in [6.07, 6.45) is 2.09. The molecule has 3 amide bonds. The summed E-state index contributed by atoms with van der Waals surface area (Å²) in [4.78, 5) is 62.3. The number of nitro groups is 1. The minimum absolute atomic E-state index is 0.0244. The summed E-state index contributed by atoms with van der Waals surface area (Å²) in [5, 5.41) is 13.2. The highest BCUT2D eigenvalue weighted by atomic mass is 35.5. The lowest BCUT2D eigenvalue weighted by Gasteiger charge is -2.34. The number of rotatable bonds is 9. The smallest absolute Gasteiger partial charge is 0.329 e. The van der Waals surface area contributed by atoms with Gasteiger partial charge in [-0.15, -0.1) is 0 Å². The molecule has 0 saturated carbocycles. The van der Waals surface area contributed by atoms with Crippen LogP contribution in [-0.4, -0.2) is 89.3 Å². The van der Waals surface area contributed by atoms with Gasteiger partial charge in [0, 0.05) is 45.2 Å². The fourth-order valence-corrected chi connectivity index (χ4v) is 3.85. The molecule has 13 heteroatoms. The van der Waals surface area contributed by atoms with E-state index in [0.29, 0.717) is 31.9 Å². The number of ether oxygens (including phenoxy) is 1. The maximum Gasteiger partial charge on any atom is 0.329 e. The van der Waals surface area contributed by atoms with Gasteiger partial charge in [0.1, 0.15) is 6.04 Å². The van der Waals surface area contributed by atoms with Gasteiger partial charge in [-0.3, -0.25) is 24.5 Å². The molecule has 0 unspecified atom stereocenters. The number of esters is 1. The Morgan fingerprint density at radius 1 is 1.21 bits per heavy atom. The van der Waals surface area contributed by atoms with Crippen LogP contribution >= 0.6 is 23.4 Å². The third kappa shape index (κ3) is 7.60. The number of nitrogens with one attached hydrogen (secondary N) is 1. The number of non-ortho nitro benzene ring substituents is 1. The molecule has 1 aromatic rings. The number of piperazine rings is 1. The molecule has 11 nitrogen and oxygen atoms in total. The number of carbonyl (C=O) groups excluding carboxylic acids is 4. The summed E-state index contributed by atoms with van der Waals surface area (Å²) < 4.78 is 5.15. The van der Waals surface area contributed by atoms with Crippen molar-refractivity contribution in [2.45, 2.75) is 19.4 Å². The molecule has 0 radical (unpaired) electrons. The van der Waals surface area contributed by atoms with Gasteiger partial charge in [-0.25, -0.2) is 4.79 Å². The fraction of sp³-hybridized carbons (Fsp3) is 0.500. The molecule has 1 aliphatic heterocycles. The van der Waals surface area contributed by atoms with Crippen LogP contribution in [0, 0.1) is 10.1 Å². The first-order valence-electron chi connectivity index (χ1n) is 10.1. The van der Waals surface area contributed by atoms with Crippen molar-refractivity contribution >= 4 is 52.7 Å². The van der Waals surface area contributed by atoms with Crippen LogP contribution < -0.4 is 5.32 Å². The van der Waals surface area contributed by atoms with Gasteiger partial charge in [-0.05, 0) is 24.5 Å². The number of nitro benzene ring substituents is 1. The summed E-state index contributed by atoms with van der Waals surface area (Å²) in [5.74, 6) is -1.38. The van der Waals surface area contributed by atoms with Crippen molar-refractivity contribution in [1.82, 2.24) is 15.1 Å². The number of carbonyl (C=O) groups is 4. The van der Waals surface area contributed by atoms with Gasteiger partial charge in [-0.1, -0.05) is 11.6 Å². The average molecular weight is 501 g/mol. The molecule has 1 atom stereocenters. The van der Waals surface area contributed by atoms with Crippen LogP contribution in [0.4, 0.5) is 5.69 Å². The predicted octanol–water partition coefficient (Wildman–Crippen LogP) is 1.33. The summed E-state index contributed by atoms with van der Waals surface area (Å²) in [5.41, 5.74) is -0.291. The van der Waals surface area contributed by atoms with Crippen LogP contribution in [0.2, 0.25) is 5.02 Å². The van der Waals surface area contributed by atoms with E-state index in [2.05, 4.69) is 5.32 Å². The minimum Gasteiger partial charge on any atom is -0.454 e. The van der Waals surface area contributed by atoms with E-state index < -0.39 is 29.4 Å². The van der Waals surface area contributed by atoms with Crippen molar-refractivity contribution in [2.24, 2.45) is 0 Å². The second kappa shape index (κ2) is 12.4. The van der Waals surface area contributed by atoms with Crippen LogP contribution in [-0.2, 0) is 19.1 Å². The molecule has 1 aliphatic rings. The number of nitrogens with zero attached hydrogens (tertiary/aromatic N) is 3. The first-order valence-corrected chi connectivity index (χ1v) is 11.8. The van der Waals surface area contributed by atoms with E-state index in [-0.39, 0.29) is 34.5 Å². The lowest BCUT2D eigenvalue weighted by molar-refractivity contribution is -0.384. The standard InChI is InChI=1S/C20H25ClN4O7S/c1-13(26)23-6-8-24(9-7-23)18(27)12-32-20(29)17(5-10-33-2)22-19(28)15-4-3-14(25(30)31)11-16(15)21/h3-4,11,17H,5-10,12H2,1-2H3,(H,22,28)/t17-/m1/s1. The van der Waals surface area contributed by atoms with E-state index in [4.69, 9.17) is 16.3 Å². The molecule has 0 aliphatic carbocycles. The van der Waals surface area contributed by atoms with Gasteiger partial charge in [0.05, 0.1) is 15.5 Å². The van der Waals surface area contributed by atoms with E-state index in [0.717, 1.165) is 12.1 Å². The van der Waals surface area contributed by atoms with E-state index in [1.165, 1.54) is 29.7 Å². The van der Waals surface area contributed by atoms with Gasteiger partial charge in [0.15, 0.2) is 6.61 Å². The molecule has 33 heavy (non-hydrogen) atoms. The van der Waals surface area contributed by atoms with Crippen molar-refractivity contribution in [1.29, 1.82) is 0 Å². The van der Waals surface area contributed by atoms with Crippen molar-refractivity contribution in [3.05, 3.63) is 38.9 Å². The minimum atomic E-state index is -1.03. The quantitative estimate of drug-likeness (QED) is 0.304. The van der Waals surface area contributed by atoms with Gasteiger partial charge in [0.2, 0.25) is 5.91 Å². The number of halogens is 1. The Hall–Kier alpha value is -2.86. The normalized spacial score (nSPS) is 14.4. The molecule has 180 valence electrons. The fourth-order valence-electron chi connectivity index (χ4n) is 3.12. The molecule has 1 aromatic carbocycles. The van der Waals surface area contributed by atoms with E-state index in [1.54, 1.807) is 4.90 Å². The zero-order chi connectivity index (χ0) is 24.5. The van der Waals surface area contributed by atoms with Crippen LogP contribution in [0.15, 0.2) is 18.2 Å². The predicted molar refractivity (Wildman–Crippen MR) is 122 cm³/mol. The summed E-state index contributed by atoms with van der Waals surface area (Å²) >= 11 is 7.45. The highest BCUT2D eigenvalue weighted by molar-refractivity contribution is 7.98. The topological polar surface area (TPSA) is 139 Å². The third-order valence-electron chi connectivity index (χ3n) is 5.02. The third-order valence-corrected chi connectivity index (χ3v) is 5.98. The average Bonchev–Trinajstić information content (AvgIpc) is 2.79. The molecular weight excluding hydrogens is 476 g/mol. The Morgan fingerprint density at radius 3 is 2.39 bits per heavy atom.